The SMILES string of the molecule is CCOC(=O)C(OC)c1c2ccccc2cc2ccccc12. The van der Waals surface area contributed by atoms with Crippen LogP contribution in [0.1, 0.15) is 18.6 Å². The highest BCUT2D eigenvalue weighted by molar-refractivity contribution is 6.05. The standard InChI is InChI=1S/C19H18O3/c1-3-22-19(20)18(21-2)17-15-10-6-4-8-13(15)12-14-9-5-7-11-16(14)17/h4-12,18H,3H2,1-2H3. The number of esters is 1. The molecule has 0 bridgehead atoms. The Hall–Kier alpha value is -2.39. The van der Waals surface area contributed by atoms with Crippen LogP contribution in [0.4, 0.5) is 0 Å². The molecule has 0 heterocycles. The van der Waals surface area contributed by atoms with Crippen LogP contribution in [0.5, 0.6) is 0 Å². The summed E-state index contributed by atoms with van der Waals surface area (Å²) in [5.74, 6) is -0.355. The molecule has 0 radical (unpaired) electrons. The number of ether oxygens (including phenoxy) is 2. The molecule has 0 saturated carbocycles. The lowest BCUT2D eigenvalue weighted by atomic mass is 9.93. The predicted molar refractivity (Wildman–Crippen MR) is 87.8 cm³/mol. The summed E-state index contributed by atoms with van der Waals surface area (Å²) in [7, 11) is 1.54. The Labute approximate surface area is 129 Å². The highest BCUT2D eigenvalue weighted by Gasteiger charge is 2.25. The molecule has 1 unspecified atom stereocenters. The third kappa shape index (κ3) is 2.44. The van der Waals surface area contributed by atoms with E-state index in [9.17, 15) is 4.79 Å². The summed E-state index contributed by atoms with van der Waals surface area (Å²) in [6.07, 6.45) is -0.726. The maximum absolute atomic E-state index is 12.3. The van der Waals surface area contributed by atoms with Crippen molar-refractivity contribution in [1.29, 1.82) is 0 Å². The van der Waals surface area contributed by atoms with Crippen LogP contribution < -0.4 is 0 Å². The second-order valence-electron chi connectivity index (χ2n) is 5.10. The van der Waals surface area contributed by atoms with Gasteiger partial charge in [0.1, 0.15) is 0 Å². The van der Waals surface area contributed by atoms with Gasteiger partial charge in [-0.25, -0.2) is 4.79 Å². The average molecular weight is 294 g/mol. The first-order chi connectivity index (χ1) is 10.8. The normalized spacial score (nSPS) is 12.5. The molecule has 0 saturated heterocycles. The molecule has 3 rings (SSSR count). The highest BCUT2D eigenvalue weighted by atomic mass is 16.6. The fourth-order valence-electron chi connectivity index (χ4n) is 2.88. The van der Waals surface area contributed by atoms with Crippen LogP contribution in [-0.2, 0) is 14.3 Å². The fourth-order valence-corrected chi connectivity index (χ4v) is 2.88. The van der Waals surface area contributed by atoms with E-state index in [4.69, 9.17) is 9.47 Å². The van der Waals surface area contributed by atoms with Crippen LogP contribution in [-0.4, -0.2) is 19.7 Å². The van der Waals surface area contributed by atoms with Crippen LogP contribution in [0.15, 0.2) is 54.6 Å². The molecular weight excluding hydrogens is 276 g/mol. The molecule has 0 N–H and O–H groups in total. The Morgan fingerprint density at radius 2 is 1.55 bits per heavy atom. The Balaban J connectivity index is 2.34. The Morgan fingerprint density at radius 1 is 1.00 bits per heavy atom. The summed E-state index contributed by atoms with van der Waals surface area (Å²) in [5.41, 5.74) is 0.870. The smallest absolute Gasteiger partial charge is 0.339 e. The summed E-state index contributed by atoms with van der Waals surface area (Å²) >= 11 is 0. The van der Waals surface area contributed by atoms with E-state index in [1.54, 1.807) is 6.92 Å². The van der Waals surface area contributed by atoms with Crippen molar-refractivity contribution in [3.05, 3.63) is 60.2 Å². The zero-order chi connectivity index (χ0) is 15.5. The third-order valence-electron chi connectivity index (χ3n) is 3.81. The van der Waals surface area contributed by atoms with Gasteiger partial charge >= 0.3 is 5.97 Å². The summed E-state index contributed by atoms with van der Waals surface area (Å²) in [4.78, 5) is 12.3. The van der Waals surface area contributed by atoms with Crippen molar-refractivity contribution in [1.82, 2.24) is 0 Å². The van der Waals surface area contributed by atoms with E-state index >= 15 is 0 Å². The number of methoxy groups -OCH3 is 1. The Morgan fingerprint density at radius 3 is 2.05 bits per heavy atom. The molecule has 3 aromatic carbocycles. The summed E-state index contributed by atoms with van der Waals surface area (Å²) in [5, 5.41) is 4.20. The third-order valence-corrected chi connectivity index (χ3v) is 3.81. The van der Waals surface area contributed by atoms with Gasteiger partial charge in [-0.1, -0.05) is 48.5 Å². The molecule has 1 atom stereocenters. The van der Waals surface area contributed by atoms with Crippen molar-refractivity contribution >= 4 is 27.5 Å². The molecule has 0 aliphatic rings. The second-order valence-corrected chi connectivity index (χ2v) is 5.10. The highest BCUT2D eigenvalue weighted by Crippen LogP contribution is 2.34. The molecule has 3 nitrogen and oxygen atoms in total. The van der Waals surface area contributed by atoms with Crippen molar-refractivity contribution in [2.45, 2.75) is 13.0 Å². The molecule has 0 spiro atoms. The maximum atomic E-state index is 12.3. The van der Waals surface area contributed by atoms with E-state index in [0.29, 0.717) is 6.61 Å². The monoisotopic (exact) mass is 294 g/mol. The van der Waals surface area contributed by atoms with E-state index in [2.05, 4.69) is 6.07 Å². The first-order valence-electron chi connectivity index (χ1n) is 7.36. The van der Waals surface area contributed by atoms with Gasteiger partial charge in [-0.05, 0) is 34.5 Å². The molecule has 22 heavy (non-hydrogen) atoms. The molecule has 0 aliphatic heterocycles. The van der Waals surface area contributed by atoms with Gasteiger partial charge in [0.2, 0.25) is 0 Å². The molecule has 3 heteroatoms. The van der Waals surface area contributed by atoms with Crippen molar-refractivity contribution in [2.75, 3.05) is 13.7 Å². The molecule has 0 aliphatic carbocycles. The van der Waals surface area contributed by atoms with Crippen LogP contribution >= 0.6 is 0 Å². The number of hydrogen-bond acceptors (Lipinski definition) is 3. The van der Waals surface area contributed by atoms with E-state index in [0.717, 1.165) is 27.1 Å². The minimum absolute atomic E-state index is 0.335. The van der Waals surface area contributed by atoms with Crippen LogP contribution in [0.25, 0.3) is 21.5 Å². The van der Waals surface area contributed by atoms with Crippen molar-refractivity contribution in [3.63, 3.8) is 0 Å². The Kier molecular flexibility index (Phi) is 4.07. The topological polar surface area (TPSA) is 35.5 Å². The van der Waals surface area contributed by atoms with Gasteiger partial charge in [0.15, 0.2) is 6.10 Å². The zero-order valence-corrected chi connectivity index (χ0v) is 12.7. The van der Waals surface area contributed by atoms with Gasteiger partial charge in [0.25, 0.3) is 0 Å². The number of hydrogen-bond donors (Lipinski definition) is 0. The number of fused-ring (bicyclic) bond motifs is 2. The molecular formula is C19H18O3. The lowest BCUT2D eigenvalue weighted by Gasteiger charge is -2.19. The van der Waals surface area contributed by atoms with Gasteiger partial charge in [0.05, 0.1) is 6.61 Å². The van der Waals surface area contributed by atoms with Gasteiger partial charge in [-0.2, -0.15) is 0 Å². The largest absolute Gasteiger partial charge is 0.464 e. The van der Waals surface area contributed by atoms with E-state index in [1.165, 1.54) is 7.11 Å². The van der Waals surface area contributed by atoms with Gasteiger partial charge in [-0.15, -0.1) is 0 Å². The number of carbonyl (C=O) groups excluding carboxylic acids is 1. The first kappa shape index (κ1) is 14.5. The second kappa shape index (κ2) is 6.16. The lowest BCUT2D eigenvalue weighted by Crippen LogP contribution is -2.18. The summed E-state index contributed by atoms with van der Waals surface area (Å²) < 4.78 is 10.7. The average Bonchev–Trinajstić information content (AvgIpc) is 2.55. The van der Waals surface area contributed by atoms with Gasteiger partial charge in [0, 0.05) is 12.7 Å². The minimum Gasteiger partial charge on any atom is -0.464 e. The van der Waals surface area contributed by atoms with Gasteiger partial charge < -0.3 is 9.47 Å². The number of carbonyl (C=O) groups is 1. The van der Waals surface area contributed by atoms with Crippen LogP contribution in [0.2, 0.25) is 0 Å². The minimum atomic E-state index is -0.726. The summed E-state index contributed by atoms with van der Waals surface area (Å²) in [6.45, 7) is 2.13. The predicted octanol–water partition coefficient (Wildman–Crippen LogP) is 4.24. The van der Waals surface area contributed by atoms with Crippen molar-refractivity contribution in [2.24, 2.45) is 0 Å². The van der Waals surface area contributed by atoms with Crippen LogP contribution in [0.3, 0.4) is 0 Å². The van der Waals surface area contributed by atoms with Crippen molar-refractivity contribution in [3.8, 4) is 0 Å². The molecule has 0 fully saturated rings. The molecule has 112 valence electrons. The zero-order valence-electron chi connectivity index (χ0n) is 12.7. The van der Waals surface area contributed by atoms with Crippen molar-refractivity contribution < 1.29 is 14.3 Å². The van der Waals surface area contributed by atoms with E-state index < -0.39 is 6.10 Å². The number of rotatable bonds is 4. The summed E-state index contributed by atoms with van der Waals surface area (Å²) in [6, 6.07) is 18.2. The Bertz CT molecular complexity index is 769. The quantitative estimate of drug-likeness (QED) is 0.533. The van der Waals surface area contributed by atoms with E-state index in [1.807, 2.05) is 48.5 Å². The maximum Gasteiger partial charge on any atom is 0.339 e. The molecule has 0 aromatic heterocycles. The molecule has 0 amide bonds. The van der Waals surface area contributed by atoms with E-state index in [-0.39, 0.29) is 5.97 Å². The fraction of sp³-hybridized carbons (Fsp3) is 0.211. The molecule has 3 aromatic rings. The number of benzene rings is 3. The lowest BCUT2D eigenvalue weighted by molar-refractivity contribution is -0.155. The van der Waals surface area contributed by atoms with Crippen LogP contribution in [0, 0.1) is 0 Å². The van der Waals surface area contributed by atoms with Gasteiger partial charge in [-0.3, -0.25) is 0 Å². The first-order valence-corrected chi connectivity index (χ1v) is 7.36.